The van der Waals surface area contributed by atoms with Crippen molar-refractivity contribution in [2.75, 3.05) is 5.75 Å². The molecule has 13 heavy (non-hydrogen) atoms. The summed E-state index contributed by atoms with van der Waals surface area (Å²) in [5, 5.41) is 0. The molecule has 0 radical (unpaired) electrons. The lowest BCUT2D eigenvalue weighted by molar-refractivity contribution is 0.111. The van der Waals surface area contributed by atoms with Gasteiger partial charge in [0, 0.05) is 5.69 Å². The van der Waals surface area contributed by atoms with Crippen LogP contribution < -0.4 is 0 Å². The lowest BCUT2D eigenvalue weighted by atomic mass is 10.3. The maximum absolute atomic E-state index is 10.5. The summed E-state index contributed by atoms with van der Waals surface area (Å²) in [6.45, 7) is 3.95. The van der Waals surface area contributed by atoms with E-state index in [0.717, 1.165) is 29.3 Å². The van der Waals surface area contributed by atoms with Gasteiger partial charge in [-0.3, -0.25) is 4.79 Å². The first-order valence-corrected chi connectivity index (χ1v) is 5.29. The molecule has 0 bridgehead atoms. The Morgan fingerprint density at radius 1 is 1.54 bits per heavy atom. The third-order valence-electron chi connectivity index (χ3n) is 1.48. The highest BCUT2D eigenvalue weighted by atomic mass is 32.2. The third-order valence-corrected chi connectivity index (χ3v) is 2.35. The normalized spacial score (nSPS) is 10.0. The topological polar surface area (TPSA) is 42.9 Å². The summed E-state index contributed by atoms with van der Waals surface area (Å²) in [5.41, 5.74) is 1.32. The Bertz CT molecular complexity index is 302. The van der Waals surface area contributed by atoms with Gasteiger partial charge in [0.1, 0.15) is 11.5 Å². The quantitative estimate of drug-likeness (QED) is 0.689. The van der Waals surface area contributed by atoms with Crippen LogP contribution in [0.3, 0.4) is 0 Å². The van der Waals surface area contributed by atoms with Crippen molar-refractivity contribution in [3.05, 3.63) is 23.3 Å². The molecule has 0 spiro atoms. The van der Waals surface area contributed by atoms with Crippen LogP contribution in [0.15, 0.2) is 6.07 Å². The summed E-state index contributed by atoms with van der Waals surface area (Å²) >= 11 is 1.75. The molecule has 0 aromatic carbocycles. The molecule has 0 fully saturated rings. The smallest absolute Gasteiger partial charge is 0.168 e. The average molecular weight is 196 g/mol. The maximum Gasteiger partial charge on any atom is 0.168 e. The lowest BCUT2D eigenvalue weighted by Crippen LogP contribution is -1.99. The zero-order chi connectivity index (χ0) is 9.68. The van der Waals surface area contributed by atoms with E-state index in [1.807, 2.05) is 6.92 Å². The van der Waals surface area contributed by atoms with Crippen LogP contribution in [-0.2, 0) is 5.75 Å². The molecule has 1 aromatic heterocycles. The zero-order valence-corrected chi connectivity index (χ0v) is 8.60. The molecule has 1 rings (SSSR count). The number of carbonyl (C=O) groups excluding carboxylic acids is 1. The van der Waals surface area contributed by atoms with Crippen molar-refractivity contribution >= 4 is 18.0 Å². The van der Waals surface area contributed by atoms with Gasteiger partial charge in [0.25, 0.3) is 0 Å². The molecular formula is C9H12N2OS. The molecule has 1 aromatic rings. The lowest BCUT2D eigenvalue weighted by Gasteiger charge is -2.00. The molecule has 0 aliphatic heterocycles. The Hall–Kier alpha value is -0.900. The second-order valence-electron chi connectivity index (χ2n) is 2.61. The number of hydrogen-bond donors (Lipinski definition) is 0. The minimum atomic E-state index is 0.471. The van der Waals surface area contributed by atoms with Gasteiger partial charge < -0.3 is 0 Å². The van der Waals surface area contributed by atoms with Gasteiger partial charge in [-0.2, -0.15) is 11.8 Å². The molecule has 0 saturated carbocycles. The summed E-state index contributed by atoms with van der Waals surface area (Å²) in [4.78, 5) is 18.8. The summed E-state index contributed by atoms with van der Waals surface area (Å²) < 4.78 is 0. The standard InChI is InChI=1S/C9H12N2OS/c1-3-13-6-9-10-7(2)4-8(5-12)11-9/h4-5H,3,6H2,1-2H3. The van der Waals surface area contributed by atoms with Crippen molar-refractivity contribution in [3.8, 4) is 0 Å². The van der Waals surface area contributed by atoms with Gasteiger partial charge in [-0.05, 0) is 18.7 Å². The van der Waals surface area contributed by atoms with Crippen LogP contribution >= 0.6 is 11.8 Å². The molecule has 0 aliphatic carbocycles. The fourth-order valence-electron chi connectivity index (χ4n) is 0.974. The minimum absolute atomic E-state index is 0.471. The van der Waals surface area contributed by atoms with Gasteiger partial charge in [-0.15, -0.1) is 0 Å². The highest BCUT2D eigenvalue weighted by molar-refractivity contribution is 7.98. The number of aryl methyl sites for hydroxylation is 1. The molecule has 70 valence electrons. The summed E-state index contributed by atoms with van der Waals surface area (Å²) in [7, 11) is 0. The Labute approximate surface area is 82.0 Å². The Kier molecular flexibility index (Phi) is 3.89. The third kappa shape index (κ3) is 3.14. The van der Waals surface area contributed by atoms with Crippen LogP contribution in [0, 0.1) is 6.92 Å². The van der Waals surface area contributed by atoms with Crippen LogP contribution in [0.1, 0.15) is 28.9 Å². The van der Waals surface area contributed by atoms with E-state index in [1.54, 1.807) is 17.8 Å². The number of aromatic nitrogens is 2. The molecule has 0 unspecified atom stereocenters. The highest BCUT2D eigenvalue weighted by Gasteiger charge is 2.00. The second kappa shape index (κ2) is 4.97. The molecule has 1 heterocycles. The predicted octanol–water partition coefficient (Wildman–Crippen LogP) is 1.85. The van der Waals surface area contributed by atoms with Crippen LogP contribution in [-0.4, -0.2) is 22.0 Å². The van der Waals surface area contributed by atoms with Gasteiger partial charge in [-0.1, -0.05) is 6.92 Å². The van der Waals surface area contributed by atoms with Crippen LogP contribution in [0.2, 0.25) is 0 Å². The number of thioether (sulfide) groups is 1. The van der Waals surface area contributed by atoms with Crippen molar-refractivity contribution < 1.29 is 4.79 Å². The van der Waals surface area contributed by atoms with E-state index < -0.39 is 0 Å². The fourth-order valence-corrected chi connectivity index (χ4v) is 1.49. The number of carbonyl (C=O) groups is 1. The highest BCUT2D eigenvalue weighted by Crippen LogP contribution is 2.08. The van der Waals surface area contributed by atoms with Crippen molar-refractivity contribution in [2.24, 2.45) is 0 Å². The monoisotopic (exact) mass is 196 g/mol. The minimum Gasteiger partial charge on any atom is -0.296 e. The van der Waals surface area contributed by atoms with Crippen LogP contribution in [0.5, 0.6) is 0 Å². The average Bonchev–Trinajstić information content (AvgIpc) is 2.14. The van der Waals surface area contributed by atoms with Gasteiger partial charge in [0.2, 0.25) is 0 Å². The molecule has 0 amide bonds. The summed E-state index contributed by atoms with van der Waals surface area (Å²) in [5.74, 6) is 2.56. The second-order valence-corrected chi connectivity index (χ2v) is 3.88. The van der Waals surface area contributed by atoms with Crippen molar-refractivity contribution in [2.45, 2.75) is 19.6 Å². The van der Waals surface area contributed by atoms with E-state index in [1.165, 1.54) is 0 Å². The molecule has 0 saturated heterocycles. The Balaban J connectivity index is 2.81. The number of hydrogen-bond acceptors (Lipinski definition) is 4. The van der Waals surface area contributed by atoms with Gasteiger partial charge >= 0.3 is 0 Å². The first-order valence-electron chi connectivity index (χ1n) is 4.13. The predicted molar refractivity (Wildman–Crippen MR) is 54.0 cm³/mol. The van der Waals surface area contributed by atoms with Crippen molar-refractivity contribution in [1.29, 1.82) is 0 Å². The molecule has 4 heteroatoms. The number of aldehydes is 1. The number of nitrogens with zero attached hydrogens (tertiary/aromatic N) is 2. The Morgan fingerprint density at radius 2 is 2.31 bits per heavy atom. The van der Waals surface area contributed by atoms with Crippen molar-refractivity contribution in [3.63, 3.8) is 0 Å². The number of rotatable bonds is 4. The van der Waals surface area contributed by atoms with E-state index >= 15 is 0 Å². The zero-order valence-electron chi connectivity index (χ0n) is 7.78. The van der Waals surface area contributed by atoms with Gasteiger partial charge in [0.15, 0.2) is 6.29 Å². The van der Waals surface area contributed by atoms with E-state index in [9.17, 15) is 4.79 Å². The van der Waals surface area contributed by atoms with Crippen molar-refractivity contribution in [1.82, 2.24) is 9.97 Å². The van der Waals surface area contributed by atoms with Gasteiger partial charge in [0.05, 0.1) is 5.75 Å². The summed E-state index contributed by atoms with van der Waals surface area (Å²) in [6, 6.07) is 1.69. The van der Waals surface area contributed by atoms with Gasteiger partial charge in [-0.25, -0.2) is 9.97 Å². The van der Waals surface area contributed by atoms with E-state index in [-0.39, 0.29) is 0 Å². The van der Waals surface area contributed by atoms with Crippen LogP contribution in [0.25, 0.3) is 0 Å². The van der Waals surface area contributed by atoms with Crippen LogP contribution in [0.4, 0.5) is 0 Å². The molecule has 0 atom stereocenters. The molecular weight excluding hydrogens is 184 g/mol. The Morgan fingerprint density at radius 3 is 2.92 bits per heavy atom. The largest absolute Gasteiger partial charge is 0.296 e. The molecule has 0 N–H and O–H groups in total. The first kappa shape index (κ1) is 10.2. The SMILES string of the molecule is CCSCc1nc(C)cc(C=O)n1. The first-order chi connectivity index (χ1) is 6.26. The molecule has 0 aliphatic rings. The van der Waals surface area contributed by atoms with E-state index in [2.05, 4.69) is 16.9 Å². The maximum atomic E-state index is 10.5. The van der Waals surface area contributed by atoms with E-state index in [0.29, 0.717) is 5.69 Å². The summed E-state index contributed by atoms with van der Waals surface area (Å²) in [6.07, 6.45) is 0.759. The fraction of sp³-hybridized carbons (Fsp3) is 0.444. The molecule has 3 nitrogen and oxygen atoms in total. The van der Waals surface area contributed by atoms with E-state index in [4.69, 9.17) is 0 Å².